The smallest absolute Gasteiger partial charge is 0.420 e. The lowest BCUT2D eigenvalue weighted by Crippen LogP contribution is -2.41. The number of halogens is 4. The first-order valence-electron chi connectivity index (χ1n) is 11.0. The number of nitriles is 1. The number of anilines is 2. The van der Waals surface area contributed by atoms with Crippen LogP contribution in [0.5, 0.6) is 0 Å². The fourth-order valence-corrected chi connectivity index (χ4v) is 4.77. The van der Waals surface area contributed by atoms with Gasteiger partial charge in [-0.1, -0.05) is 0 Å². The van der Waals surface area contributed by atoms with Crippen LogP contribution in [0, 0.1) is 17.1 Å². The summed E-state index contributed by atoms with van der Waals surface area (Å²) >= 11 is 5.52. The third-order valence-electron chi connectivity index (χ3n) is 5.98. The van der Waals surface area contributed by atoms with Crippen molar-refractivity contribution in [2.75, 3.05) is 9.80 Å². The van der Waals surface area contributed by atoms with Crippen molar-refractivity contribution >= 4 is 34.6 Å². The van der Waals surface area contributed by atoms with Gasteiger partial charge in [0.25, 0.3) is 0 Å². The molecule has 0 N–H and O–H groups in total. The molecule has 7 nitrogen and oxygen atoms in total. The zero-order chi connectivity index (χ0) is 27.0. The Morgan fingerprint density at radius 1 is 1.16 bits per heavy atom. The largest absolute Gasteiger partial charge is 0.449 e. The van der Waals surface area contributed by atoms with E-state index in [1.54, 1.807) is 38.1 Å². The van der Waals surface area contributed by atoms with Gasteiger partial charge in [-0.25, -0.2) is 14.2 Å². The SMILES string of the molecule is CC1(C)C(=C=O)N(c2ccc(C#N)c(C(F)(F)F)c2F)C(=S)N1c1ccc(CCCc2ncco2)nc1. The highest BCUT2D eigenvalue weighted by Crippen LogP contribution is 2.44. The summed E-state index contributed by atoms with van der Waals surface area (Å²) in [4.78, 5) is 22.9. The predicted octanol–water partition coefficient (Wildman–Crippen LogP) is 5.38. The zero-order valence-electron chi connectivity index (χ0n) is 19.6. The van der Waals surface area contributed by atoms with Crippen LogP contribution >= 0.6 is 12.2 Å². The Morgan fingerprint density at radius 3 is 2.49 bits per heavy atom. The highest BCUT2D eigenvalue weighted by atomic mass is 32.1. The van der Waals surface area contributed by atoms with Crippen LogP contribution in [-0.2, 0) is 23.8 Å². The molecule has 3 aromatic rings. The molecule has 190 valence electrons. The van der Waals surface area contributed by atoms with Crippen molar-refractivity contribution in [3.63, 3.8) is 0 Å². The van der Waals surface area contributed by atoms with E-state index in [1.807, 2.05) is 0 Å². The summed E-state index contributed by atoms with van der Waals surface area (Å²) in [6.07, 6.45) is 1.48. The van der Waals surface area contributed by atoms with Crippen molar-refractivity contribution in [3.8, 4) is 6.07 Å². The summed E-state index contributed by atoms with van der Waals surface area (Å²) in [6, 6.07) is 6.66. The number of oxazole rings is 1. The Balaban J connectivity index is 1.66. The van der Waals surface area contributed by atoms with Gasteiger partial charge in [0.2, 0.25) is 0 Å². The molecule has 4 rings (SSSR count). The van der Waals surface area contributed by atoms with Gasteiger partial charge in [0.15, 0.2) is 16.8 Å². The number of aryl methyl sites for hydroxylation is 2. The maximum Gasteiger partial charge on any atom is 0.420 e. The van der Waals surface area contributed by atoms with Gasteiger partial charge >= 0.3 is 6.18 Å². The van der Waals surface area contributed by atoms with Gasteiger partial charge in [-0.15, -0.1) is 0 Å². The van der Waals surface area contributed by atoms with E-state index in [0.717, 1.165) is 29.1 Å². The van der Waals surface area contributed by atoms with Crippen LogP contribution in [0.3, 0.4) is 0 Å². The summed E-state index contributed by atoms with van der Waals surface area (Å²) in [5.74, 6) is 0.628. The molecule has 2 aromatic heterocycles. The summed E-state index contributed by atoms with van der Waals surface area (Å²) in [7, 11) is 0. The number of hydrogen-bond donors (Lipinski definition) is 0. The maximum atomic E-state index is 15.2. The fraction of sp³-hybridized carbons (Fsp3) is 0.280. The monoisotopic (exact) mass is 529 g/mol. The van der Waals surface area contributed by atoms with Crippen LogP contribution in [0.2, 0.25) is 0 Å². The standard InChI is InChI=1S/C25H19F4N5O2S/c1-24(2)19(14-35)33(18-9-6-15(12-30)21(22(18)26)25(27,28)29)23(37)34(24)17-8-7-16(32-13-17)4-3-5-20-31-10-11-36-20/h6-11,13H,3-5H2,1-2H3. The van der Waals surface area contributed by atoms with Gasteiger partial charge in [0.05, 0.1) is 40.9 Å². The number of nitrogens with zero attached hydrogens (tertiary/aromatic N) is 5. The number of carbonyl (C=O) groups excluding carboxylic acids is 1. The highest BCUT2D eigenvalue weighted by Gasteiger charge is 2.50. The van der Waals surface area contributed by atoms with Crippen LogP contribution in [0.25, 0.3) is 0 Å². The fourth-order valence-electron chi connectivity index (χ4n) is 4.24. The van der Waals surface area contributed by atoms with Crippen molar-refractivity contribution in [2.45, 2.75) is 44.8 Å². The number of alkyl halides is 3. The second-order valence-corrected chi connectivity index (χ2v) is 9.05. The number of thiocarbonyl (C=S) groups is 1. The lowest BCUT2D eigenvalue weighted by atomic mass is 9.99. The zero-order valence-corrected chi connectivity index (χ0v) is 20.5. The Hall–Kier alpha value is -4.07. The molecule has 3 heterocycles. The topological polar surface area (TPSA) is 86.3 Å². The molecule has 0 bridgehead atoms. The van der Waals surface area contributed by atoms with E-state index < -0.39 is 34.3 Å². The van der Waals surface area contributed by atoms with Crippen molar-refractivity contribution in [1.29, 1.82) is 5.26 Å². The van der Waals surface area contributed by atoms with Crippen LogP contribution in [0.1, 0.15) is 43.0 Å². The summed E-state index contributed by atoms with van der Waals surface area (Å²) in [5.41, 5.74) is -3.39. The van der Waals surface area contributed by atoms with Crippen molar-refractivity contribution < 1.29 is 26.8 Å². The minimum atomic E-state index is -5.14. The van der Waals surface area contributed by atoms with Crippen molar-refractivity contribution in [1.82, 2.24) is 9.97 Å². The lowest BCUT2D eigenvalue weighted by molar-refractivity contribution is -0.140. The van der Waals surface area contributed by atoms with E-state index in [9.17, 15) is 18.0 Å². The predicted molar refractivity (Wildman–Crippen MR) is 130 cm³/mol. The normalized spacial score (nSPS) is 15.2. The molecule has 0 aliphatic carbocycles. The van der Waals surface area contributed by atoms with Crippen molar-refractivity contribution in [3.05, 3.63) is 77.1 Å². The van der Waals surface area contributed by atoms with Crippen LogP contribution in [0.4, 0.5) is 28.9 Å². The number of pyridine rings is 1. The maximum absolute atomic E-state index is 15.2. The quantitative estimate of drug-likeness (QED) is 0.239. The molecule has 37 heavy (non-hydrogen) atoms. The van der Waals surface area contributed by atoms with E-state index in [-0.39, 0.29) is 10.8 Å². The lowest BCUT2D eigenvalue weighted by Gasteiger charge is -2.30. The second-order valence-electron chi connectivity index (χ2n) is 8.68. The van der Waals surface area contributed by atoms with Gasteiger partial charge in [-0.2, -0.15) is 18.4 Å². The van der Waals surface area contributed by atoms with Gasteiger partial charge in [0.1, 0.15) is 23.5 Å². The minimum absolute atomic E-state index is 0.140. The Labute approximate surface area is 214 Å². The van der Waals surface area contributed by atoms with Gasteiger partial charge in [-0.05, 0) is 63.2 Å². The third kappa shape index (κ3) is 4.71. The molecule has 0 amide bonds. The highest BCUT2D eigenvalue weighted by molar-refractivity contribution is 7.81. The van der Waals surface area contributed by atoms with E-state index in [1.165, 1.54) is 23.4 Å². The van der Waals surface area contributed by atoms with Gasteiger partial charge in [-0.3, -0.25) is 9.88 Å². The first kappa shape index (κ1) is 26.0. The Kier molecular flexibility index (Phi) is 6.86. The molecule has 1 aliphatic rings. The molecule has 1 saturated heterocycles. The van der Waals surface area contributed by atoms with Gasteiger partial charge < -0.3 is 9.32 Å². The van der Waals surface area contributed by atoms with E-state index in [0.29, 0.717) is 24.4 Å². The molecule has 0 saturated carbocycles. The molecular formula is C25H19F4N5O2S. The molecular weight excluding hydrogens is 510 g/mol. The molecule has 1 aliphatic heterocycles. The van der Waals surface area contributed by atoms with E-state index in [2.05, 4.69) is 9.97 Å². The third-order valence-corrected chi connectivity index (χ3v) is 6.35. The minimum Gasteiger partial charge on any atom is -0.449 e. The van der Waals surface area contributed by atoms with Crippen LogP contribution in [-0.4, -0.2) is 26.6 Å². The Bertz CT molecular complexity index is 1420. The van der Waals surface area contributed by atoms with E-state index >= 15 is 4.39 Å². The molecule has 12 heteroatoms. The molecule has 0 unspecified atom stereocenters. The molecule has 0 spiro atoms. The average molecular weight is 530 g/mol. The molecule has 1 fully saturated rings. The molecule has 1 aromatic carbocycles. The van der Waals surface area contributed by atoms with E-state index in [4.69, 9.17) is 21.9 Å². The number of benzene rings is 1. The summed E-state index contributed by atoms with van der Waals surface area (Å²) in [6.45, 7) is 3.21. The summed E-state index contributed by atoms with van der Waals surface area (Å²) < 4.78 is 61.2. The first-order chi connectivity index (χ1) is 17.5. The van der Waals surface area contributed by atoms with Crippen molar-refractivity contribution in [2.24, 2.45) is 0 Å². The molecule has 0 radical (unpaired) electrons. The number of aromatic nitrogens is 2. The first-order valence-corrected chi connectivity index (χ1v) is 11.4. The van der Waals surface area contributed by atoms with Crippen LogP contribution < -0.4 is 9.80 Å². The second kappa shape index (κ2) is 9.76. The van der Waals surface area contributed by atoms with Crippen LogP contribution in [0.15, 0.2) is 53.0 Å². The average Bonchev–Trinajstić information content (AvgIpc) is 3.42. The number of hydrogen-bond acceptors (Lipinski definition) is 6. The summed E-state index contributed by atoms with van der Waals surface area (Å²) in [5, 5.41) is 8.92. The Morgan fingerprint density at radius 2 is 1.92 bits per heavy atom. The number of rotatable bonds is 6. The molecule has 0 atom stereocenters. The van der Waals surface area contributed by atoms with Gasteiger partial charge in [0, 0.05) is 12.1 Å².